The molecule has 0 radical (unpaired) electrons. The predicted octanol–water partition coefficient (Wildman–Crippen LogP) is 3.79. The zero-order chi connectivity index (χ0) is 21.3. The van der Waals surface area contributed by atoms with Crippen molar-refractivity contribution >= 4 is 0 Å². The number of rotatable bonds is 9. The molecule has 0 amide bonds. The highest BCUT2D eigenvalue weighted by Crippen LogP contribution is 2.30. The summed E-state index contributed by atoms with van der Waals surface area (Å²) in [5, 5.41) is 17.4. The monoisotopic (exact) mass is 411 g/mol. The van der Waals surface area contributed by atoms with Crippen molar-refractivity contribution in [2.45, 2.75) is 13.1 Å². The van der Waals surface area contributed by atoms with E-state index in [1.54, 1.807) is 12.4 Å². The Bertz CT molecular complexity index is 1100. The summed E-state index contributed by atoms with van der Waals surface area (Å²) in [6.45, 7) is 2.83. The standard InChI is InChI=1S/C25H25N5O/c31-25-19(7-5-9-21(25)22-10-1-3-13-28-22)17-26-15-16-27-18-20-8-6-12-24(30-20)23-11-2-4-14-29-23/h1-14,26-27,31H,15-18H2. The maximum atomic E-state index is 10.6. The first-order valence-corrected chi connectivity index (χ1v) is 10.3. The van der Waals surface area contributed by atoms with Crippen LogP contribution in [0.5, 0.6) is 5.75 Å². The molecule has 0 spiro atoms. The largest absolute Gasteiger partial charge is 0.507 e. The van der Waals surface area contributed by atoms with Crippen LogP contribution in [-0.4, -0.2) is 33.1 Å². The van der Waals surface area contributed by atoms with Crippen LogP contribution in [0, 0.1) is 0 Å². The Kier molecular flexibility index (Phi) is 6.95. The molecule has 0 fully saturated rings. The fourth-order valence-electron chi connectivity index (χ4n) is 3.31. The van der Waals surface area contributed by atoms with Gasteiger partial charge in [0.05, 0.1) is 22.8 Å². The van der Waals surface area contributed by atoms with Gasteiger partial charge in [0, 0.05) is 49.7 Å². The lowest BCUT2D eigenvalue weighted by Crippen LogP contribution is -2.27. The van der Waals surface area contributed by atoms with Gasteiger partial charge in [-0.15, -0.1) is 0 Å². The van der Waals surface area contributed by atoms with E-state index in [9.17, 15) is 5.11 Å². The summed E-state index contributed by atoms with van der Waals surface area (Å²) < 4.78 is 0. The molecule has 0 unspecified atom stereocenters. The maximum absolute atomic E-state index is 10.6. The lowest BCUT2D eigenvalue weighted by molar-refractivity contribution is 0.466. The van der Waals surface area contributed by atoms with Crippen LogP contribution < -0.4 is 10.6 Å². The third-order valence-corrected chi connectivity index (χ3v) is 4.89. The second kappa shape index (κ2) is 10.4. The fraction of sp³-hybridized carbons (Fsp3) is 0.160. The second-order valence-corrected chi connectivity index (χ2v) is 7.11. The zero-order valence-electron chi connectivity index (χ0n) is 17.2. The number of nitrogens with zero attached hydrogens (tertiary/aromatic N) is 3. The van der Waals surface area contributed by atoms with E-state index < -0.39 is 0 Å². The van der Waals surface area contributed by atoms with Crippen LogP contribution in [-0.2, 0) is 13.1 Å². The molecule has 0 bridgehead atoms. The van der Waals surface area contributed by atoms with Crippen molar-refractivity contribution in [1.82, 2.24) is 25.6 Å². The number of nitrogens with one attached hydrogen (secondary N) is 2. The molecule has 31 heavy (non-hydrogen) atoms. The van der Waals surface area contributed by atoms with Gasteiger partial charge in [-0.1, -0.05) is 30.3 Å². The third-order valence-electron chi connectivity index (χ3n) is 4.89. The van der Waals surface area contributed by atoms with Crippen molar-refractivity contribution in [3.05, 3.63) is 96.4 Å². The fourth-order valence-corrected chi connectivity index (χ4v) is 3.31. The molecule has 6 heteroatoms. The van der Waals surface area contributed by atoms with E-state index in [4.69, 9.17) is 0 Å². The zero-order valence-corrected chi connectivity index (χ0v) is 17.2. The van der Waals surface area contributed by atoms with Crippen molar-refractivity contribution in [3.8, 4) is 28.4 Å². The summed E-state index contributed by atoms with van der Waals surface area (Å²) in [5.74, 6) is 0.275. The van der Waals surface area contributed by atoms with Gasteiger partial charge >= 0.3 is 0 Å². The number of hydrogen-bond acceptors (Lipinski definition) is 6. The molecule has 3 aromatic heterocycles. The van der Waals surface area contributed by atoms with Gasteiger partial charge in [0.2, 0.25) is 0 Å². The number of para-hydroxylation sites is 1. The molecule has 0 aliphatic carbocycles. The Morgan fingerprint density at radius 2 is 1.32 bits per heavy atom. The molecular weight excluding hydrogens is 386 g/mol. The van der Waals surface area contributed by atoms with Crippen molar-refractivity contribution in [1.29, 1.82) is 0 Å². The lowest BCUT2D eigenvalue weighted by Gasteiger charge is -2.11. The average Bonchev–Trinajstić information content (AvgIpc) is 2.83. The van der Waals surface area contributed by atoms with Gasteiger partial charge in [0.15, 0.2) is 0 Å². The average molecular weight is 412 g/mol. The van der Waals surface area contributed by atoms with Crippen molar-refractivity contribution < 1.29 is 5.11 Å². The van der Waals surface area contributed by atoms with Crippen LogP contribution in [0.4, 0.5) is 0 Å². The van der Waals surface area contributed by atoms with Crippen LogP contribution >= 0.6 is 0 Å². The highest BCUT2D eigenvalue weighted by molar-refractivity contribution is 5.68. The first kappa shape index (κ1) is 20.7. The molecule has 1 aromatic carbocycles. The number of phenolic OH excluding ortho intramolecular Hbond substituents is 1. The Labute approximate surface area is 182 Å². The van der Waals surface area contributed by atoms with Crippen LogP contribution in [0.3, 0.4) is 0 Å². The van der Waals surface area contributed by atoms with Crippen molar-refractivity contribution in [2.24, 2.45) is 0 Å². The number of pyridine rings is 3. The van der Waals surface area contributed by atoms with Crippen molar-refractivity contribution in [2.75, 3.05) is 13.1 Å². The SMILES string of the molecule is Oc1c(CNCCNCc2cccc(-c3ccccn3)n2)cccc1-c1ccccn1. The molecule has 0 atom stereocenters. The molecule has 6 nitrogen and oxygen atoms in total. The smallest absolute Gasteiger partial charge is 0.129 e. The van der Waals surface area contributed by atoms with Crippen LogP contribution in [0.25, 0.3) is 22.6 Å². The van der Waals surface area contributed by atoms with E-state index in [1.807, 2.05) is 72.8 Å². The van der Waals surface area contributed by atoms with E-state index in [-0.39, 0.29) is 5.75 Å². The molecule has 0 saturated carbocycles. The van der Waals surface area contributed by atoms with Crippen LogP contribution in [0.1, 0.15) is 11.3 Å². The van der Waals surface area contributed by atoms with Gasteiger partial charge in [-0.2, -0.15) is 0 Å². The summed E-state index contributed by atoms with van der Waals surface area (Å²) in [6, 6.07) is 23.2. The molecule has 0 saturated heterocycles. The Morgan fingerprint density at radius 1 is 0.645 bits per heavy atom. The first-order valence-electron chi connectivity index (χ1n) is 10.3. The van der Waals surface area contributed by atoms with E-state index in [0.29, 0.717) is 13.1 Å². The normalized spacial score (nSPS) is 10.8. The van der Waals surface area contributed by atoms with Gasteiger partial charge < -0.3 is 15.7 Å². The number of benzene rings is 1. The lowest BCUT2D eigenvalue weighted by atomic mass is 10.1. The third kappa shape index (κ3) is 5.51. The summed E-state index contributed by atoms with van der Waals surface area (Å²) in [7, 11) is 0. The molecule has 3 N–H and O–H groups in total. The highest BCUT2D eigenvalue weighted by Gasteiger charge is 2.09. The number of phenols is 1. The Morgan fingerprint density at radius 3 is 2.06 bits per heavy atom. The molecular formula is C25H25N5O. The summed E-state index contributed by atoms with van der Waals surface area (Å²) >= 11 is 0. The minimum absolute atomic E-state index is 0.275. The summed E-state index contributed by atoms with van der Waals surface area (Å²) in [6.07, 6.45) is 3.50. The number of aromatic hydroxyl groups is 1. The van der Waals surface area contributed by atoms with E-state index in [0.717, 1.165) is 47.0 Å². The van der Waals surface area contributed by atoms with Crippen LogP contribution in [0.15, 0.2) is 85.2 Å². The second-order valence-electron chi connectivity index (χ2n) is 7.11. The Balaban J connectivity index is 1.25. The van der Waals surface area contributed by atoms with Gasteiger partial charge in [-0.3, -0.25) is 9.97 Å². The molecule has 4 rings (SSSR count). The predicted molar refractivity (Wildman–Crippen MR) is 122 cm³/mol. The van der Waals surface area contributed by atoms with Gasteiger partial charge in [-0.05, 0) is 42.5 Å². The first-order chi connectivity index (χ1) is 15.3. The van der Waals surface area contributed by atoms with Gasteiger partial charge in [-0.25, -0.2) is 4.98 Å². The van der Waals surface area contributed by atoms with Gasteiger partial charge in [0.25, 0.3) is 0 Å². The van der Waals surface area contributed by atoms with E-state index in [1.165, 1.54) is 0 Å². The summed E-state index contributed by atoms with van der Waals surface area (Å²) in [4.78, 5) is 13.4. The Hall–Kier alpha value is -3.61. The molecule has 0 aliphatic heterocycles. The quantitative estimate of drug-likeness (QED) is 0.364. The number of hydrogen-bond donors (Lipinski definition) is 3. The highest BCUT2D eigenvalue weighted by atomic mass is 16.3. The van der Waals surface area contributed by atoms with E-state index in [2.05, 4.69) is 25.6 Å². The molecule has 4 aromatic rings. The maximum Gasteiger partial charge on any atom is 0.129 e. The minimum atomic E-state index is 0.275. The molecule has 0 aliphatic rings. The van der Waals surface area contributed by atoms with E-state index >= 15 is 0 Å². The van der Waals surface area contributed by atoms with Crippen molar-refractivity contribution in [3.63, 3.8) is 0 Å². The number of aromatic nitrogens is 3. The summed E-state index contributed by atoms with van der Waals surface area (Å²) in [5.41, 5.74) is 5.10. The topological polar surface area (TPSA) is 83.0 Å². The molecule has 3 heterocycles. The molecule has 156 valence electrons. The van der Waals surface area contributed by atoms with Gasteiger partial charge in [0.1, 0.15) is 5.75 Å². The van der Waals surface area contributed by atoms with Crippen LogP contribution in [0.2, 0.25) is 0 Å². The minimum Gasteiger partial charge on any atom is -0.507 e.